The standard InChI is InChI=1S/C24H25F3N4O4S2/c1-13(22-28-7-8-36-22)31-19-9-14(21(32)29-24(2)11-37(33,34)12-24)3-5-16(19)20(30-31)17-10-15(35-23(26)27)4-6-18(17)25/h4,6-8,10,13-14,23H,3,5,9,11-12H2,1-2H3,(H,29,32)/t13?,14-/m1/s1. The highest BCUT2D eigenvalue weighted by molar-refractivity contribution is 7.93. The Hall–Kier alpha value is -2.93. The molecular weight excluding hydrogens is 529 g/mol. The van der Waals surface area contributed by atoms with Crippen LogP contribution in [0.1, 0.15) is 42.6 Å². The summed E-state index contributed by atoms with van der Waals surface area (Å²) in [5.41, 5.74) is 1.03. The molecule has 0 spiro atoms. The molecule has 5 rings (SSSR count). The molecule has 3 aromatic rings. The number of sulfone groups is 1. The third-order valence-electron chi connectivity index (χ3n) is 6.77. The molecule has 0 saturated carbocycles. The molecular formula is C24H25F3N4O4S2. The first kappa shape index (κ1) is 25.7. The normalized spacial score (nSPS) is 20.6. The number of rotatable bonds is 7. The Kier molecular flexibility index (Phi) is 6.55. The van der Waals surface area contributed by atoms with Crippen molar-refractivity contribution in [1.29, 1.82) is 0 Å². The average molecular weight is 555 g/mol. The lowest BCUT2D eigenvalue weighted by Gasteiger charge is -2.39. The molecule has 37 heavy (non-hydrogen) atoms. The summed E-state index contributed by atoms with van der Waals surface area (Å²) in [6.07, 6.45) is 2.83. The number of thiazole rings is 1. The van der Waals surface area contributed by atoms with Crippen molar-refractivity contribution in [3.8, 4) is 17.0 Å². The Morgan fingerprint density at radius 2 is 2.08 bits per heavy atom. The van der Waals surface area contributed by atoms with Crippen LogP contribution in [0.3, 0.4) is 0 Å². The molecule has 8 nitrogen and oxygen atoms in total. The van der Waals surface area contributed by atoms with E-state index in [1.807, 2.05) is 12.3 Å². The first-order valence-corrected chi connectivity index (χ1v) is 14.4. The third-order valence-corrected chi connectivity index (χ3v) is 9.87. The average Bonchev–Trinajstić information content (AvgIpc) is 3.46. The van der Waals surface area contributed by atoms with Crippen LogP contribution in [0.25, 0.3) is 11.3 Å². The third kappa shape index (κ3) is 5.11. The van der Waals surface area contributed by atoms with Crippen molar-refractivity contribution >= 4 is 27.1 Å². The minimum atomic E-state index is -3.13. The van der Waals surface area contributed by atoms with Gasteiger partial charge in [0.2, 0.25) is 5.91 Å². The summed E-state index contributed by atoms with van der Waals surface area (Å²) >= 11 is 1.43. The number of hydrogen-bond acceptors (Lipinski definition) is 7. The Bertz CT molecular complexity index is 1430. The van der Waals surface area contributed by atoms with Crippen molar-refractivity contribution in [2.75, 3.05) is 11.5 Å². The molecule has 3 heterocycles. The van der Waals surface area contributed by atoms with Crippen LogP contribution in [0, 0.1) is 11.7 Å². The summed E-state index contributed by atoms with van der Waals surface area (Å²) in [6, 6.07) is 3.09. The van der Waals surface area contributed by atoms with Gasteiger partial charge in [0.15, 0.2) is 9.84 Å². The minimum Gasteiger partial charge on any atom is -0.435 e. The molecule has 1 N–H and O–H groups in total. The van der Waals surface area contributed by atoms with Gasteiger partial charge in [0.1, 0.15) is 22.6 Å². The molecule has 198 valence electrons. The Labute approximate surface area is 215 Å². The molecule has 1 fully saturated rings. The molecule has 0 bridgehead atoms. The maximum absolute atomic E-state index is 14.9. The molecule has 1 unspecified atom stereocenters. The van der Waals surface area contributed by atoms with Crippen molar-refractivity contribution < 1.29 is 31.1 Å². The van der Waals surface area contributed by atoms with Crippen LogP contribution in [0.2, 0.25) is 0 Å². The lowest BCUT2D eigenvalue weighted by Crippen LogP contribution is -2.64. The van der Waals surface area contributed by atoms with Crippen molar-refractivity contribution in [3.63, 3.8) is 0 Å². The molecule has 2 aliphatic rings. The summed E-state index contributed by atoms with van der Waals surface area (Å²) in [5.74, 6) is -1.67. The minimum absolute atomic E-state index is 0.0366. The van der Waals surface area contributed by atoms with Gasteiger partial charge < -0.3 is 10.1 Å². The van der Waals surface area contributed by atoms with Gasteiger partial charge in [-0.15, -0.1) is 11.3 Å². The van der Waals surface area contributed by atoms with E-state index in [1.54, 1.807) is 17.8 Å². The SMILES string of the molecule is CC(c1nccs1)n1nc(-c2cc(OC(F)F)ccc2F)c2c1C[C@H](C(=O)NC1(C)CS(=O)(=O)C1)CC2. The zero-order valence-electron chi connectivity index (χ0n) is 20.1. The summed E-state index contributed by atoms with van der Waals surface area (Å²) in [7, 11) is -3.13. The molecule has 1 amide bonds. The summed E-state index contributed by atoms with van der Waals surface area (Å²) in [4.78, 5) is 17.5. The highest BCUT2D eigenvalue weighted by Gasteiger charge is 2.46. The summed E-state index contributed by atoms with van der Waals surface area (Å²) in [5, 5.41) is 10.2. The van der Waals surface area contributed by atoms with Gasteiger partial charge in [0.05, 0.1) is 22.7 Å². The van der Waals surface area contributed by atoms with Crippen molar-refractivity contribution in [3.05, 3.63) is 51.9 Å². The predicted octanol–water partition coefficient (Wildman–Crippen LogP) is 3.76. The maximum atomic E-state index is 14.9. The molecule has 2 aromatic heterocycles. The van der Waals surface area contributed by atoms with E-state index < -0.39 is 33.7 Å². The number of alkyl halides is 2. The van der Waals surface area contributed by atoms with E-state index in [4.69, 9.17) is 5.10 Å². The number of carbonyl (C=O) groups is 1. The van der Waals surface area contributed by atoms with E-state index in [0.29, 0.717) is 25.0 Å². The molecule has 1 aromatic carbocycles. The Morgan fingerprint density at radius 3 is 2.73 bits per heavy atom. The number of nitrogens with one attached hydrogen (secondary N) is 1. The molecule has 1 saturated heterocycles. The number of halogens is 3. The number of amides is 1. The smallest absolute Gasteiger partial charge is 0.387 e. The summed E-state index contributed by atoms with van der Waals surface area (Å²) < 4.78 is 70.0. The number of hydrogen-bond donors (Lipinski definition) is 1. The van der Waals surface area contributed by atoms with Gasteiger partial charge in [-0.3, -0.25) is 9.48 Å². The number of benzene rings is 1. The van der Waals surface area contributed by atoms with E-state index in [0.717, 1.165) is 28.4 Å². The quantitative estimate of drug-likeness (QED) is 0.477. The van der Waals surface area contributed by atoms with Crippen LogP contribution in [-0.2, 0) is 27.5 Å². The fourth-order valence-electron chi connectivity index (χ4n) is 5.20. The van der Waals surface area contributed by atoms with Gasteiger partial charge >= 0.3 is 6.61 Å². The first-order chi connectivity index (χ1) is 17.4. The van der Waals surface area contributed by atoms with E-state index in [9.17, 15) is 26.4 Å². The first-order valence-electron chi connectivity index (χ1n) is 11.7. The van der Waals surface area contributed by atoms with Gasteiger partial charge in [0, 0.05) is 40.7 Å². The molecule has 1 aliphatic carbocycles. The highest BCUT2D eigenvalue weighted by atomic mass is 32.2. The van der Waals surface area contributed by atoms with Gasteiger partial charge in [-0.2, -0.15) is 13.9 Å². The number of ether oxygens (including phenoxy) is 1. The largest absolute Gasteiger partial charge is 0.435 e. The zero-order valence-corrected chi connectivity index (χ0v) is 21.7. The van der Waals surface area contributed by atoms with Crippen molar-refractivity contribution in [2.45, 2.75) is 51.3 Å². The Morgan fingerprint density at radius 1 is 1.32 bits per heavy atom. The van der Waals surface area contributed by atoms with Gasteiger partial charge in [-0.1, -0.05) is 0 Å². The van der Waals surface area contributed by atoms with E-state index in [-0.39, 0.29) is 34.8 Å². The Balaban J connectivity index is 1.50. The zero-order chi connectivity index (χ0) is 26.5. The number of carbonyl (C=O) groups excluding carboxylic acids is 1. The molecule has 0 radical (unpaired) electrons. The monoisotopic (exact) mass is 554 g/mol. The highest BCUT2D eigenvalue weighted by Crippen LogP contribution is 2.38. The maximum Gasteiger partial charge on any atom is 0.387 e. The van der Waals surface area contributed by atoms with Crippen molar-refractivity contribution in [2.24, 2.45) is 5.92 Å². The van der Waals surface area contributed by atoms with E-state index >= 15 is 0 Å². The van der Waals surface area contributed by atoms with E-state index in [2.05, 4.69) is 15.0 Å². The second kappa shape index (κ2) is 9.43. The van der Waals surface area contributed by atoms with Crippen LogP contribution in [0.4, 0.5) is 13.2 Å². The lowest BCUT2D eigenvalue weighted by molar-refractivity contribution is -0.126. The predicted molar refractivity (Wildman–Crippen MR) is 131 cm³/mol. The fraction of sp³-hybridized carbons (Fsp3) is 0.458. The van der Waals surface area contributed by atoms with Crippen LogP contribution in [0.15, 0.2) is 29.8 Å². The number of aromatic nitrogens is 3. The van der Waals surface area contributed by atoms with Crippen LogP contribution in [0.5, 0.6) is 5.75 Å². The summed E-state index contributed by atoms with van der Waals surface area (Å²) in [6.45, 7) is 0.554. The second-order valence-corrected chi connectivity index (χ2v) is 12.8. The van der Waals surface area contributed by atoms with E-state index in [1.165, 1.54) is 17.4 Å². The van der Waals surface area contributed by atoms with Crippen LogP contribution < -0.4 is 10.1 Å². The van der Waals surface area contributed by atoms with Gasteiger partial charge in [0.25, 0.3) is 0 Å². The molecule has 2 atom stereocenters. The van der Waals surface area contributed by atoms with Gasteiger partial charge in [-0.05, 0) is 44.9 Å². The fourth-order valence-corrected chi connectivity index (χ4v) is 7.89. The number of fused-ring (bicyclic) bond motifs is 1. The number of nitrogens with zero attached hydrogens (tertiary/aromatic N) is 3. The van der Waals surface area contributed by atoms with Gasteiger partial charge in [-0.25, -0.2) is 17.8 Å². The van der Waals surface area contributed by atoms with Crippen molar-refractivity contribution in [1.82, 2.24) is 20.1 Å². The van der Waals surface area contributed by atoms with Crippen LogP contribution in [-0.4, -0.2) is 52.7 Å². The molecule has 13 heteroatoms. The molecule has 1 aliphatic heterocycles. The topological polar surface area (TPSA) is 103 Å². The second-order valence-electron chi connectivity index (χ2n) is 9.81. The van der Waals surface area contributed by atoms with Crippen LogP contribution >= 0.6 is 11.3 Å². The lowest BCUT2D eigenvalue weighted by atomic mass is 9.84.